The molecular weight excluding hydrogens is 214 g/mol. The van der Waals surface area contributed by atoms with E-state index in [2.05, 4.69) is 23.0 Å². The largest absolute Gasteiger partial charge is 0.384 e. The van der Waals surface area contributed by atoms with Gasteiger partial charge in [-0.15, -0.1) is 0 Å². The van der Waals surface area contributed by atoms with Gasteiger partial charge >= 0.3 is 0 Å². The number of aromatic nitrogens is 2. The minimum Gasteiger partial charge on any atom is -0.384 e. The quantitative estimate of drug-likeness (QED) is 0.828. The molecule has 0 spiro atoms. The van der Waals surface area contributed by atoms with Crippen LogP contribution in [-0.4, -0.2) is 23.7 Å². The summed E-state index contributed by atoms with van der Waals surface area (Å²) in [5.41, 5.74) is 8.80. The summed E-state index contributed by atoms with van der Waals surface area (Å²) in [4.78, 5) is 7.90. The SMILES string of the molecule is COCC(C)Cc1nc2ccc(CN)cc2[nH]1. The van der Waals surface area contributed by atoms with Gasteiger partial charge < -0.3 is 15.5 Å². The molecule has 1 atom stereocenters. The van der Waals surface area contributed by atoms with Gasteiger partial charge in [0.2, 0.25) is 0 Å². The van der Waals surface area contributed by atoms with Gasteiger partial charge in [-0.2, -0.15) is 0 Å². The van der Waals surface area contributed by atoms with Gasteiger partial charge in [0.1, 0.15) is 5.82 Å². The van der Waals surface area contributed by atoms with Crippen LogP contribution in [0.2, 0.25) is 0 Å². The molecule has 0 fully saturated rings. The molecular formula is C13H19N3O. The van der Waals surface area contributed by atoms with Crippen LogP contribution in [0.1, 0.15) is 18.3 Å². The van der Waals surface area contributed by atoms with Crippen molar-refractivity contribution in [1.29, 1.82) is 0 Å². The number of ether oxygens (including phenoxy) is 1. The number of nitrogens with zero attached hydrogens (tertiary/aromatic N) is 1. The molecule has 0 aliphatic heterocycles. The van der Waals surface area contributed by atoms with E-state index in [1.54, 1.807) is 7.11 Å². The van der Waals surface area contributed by atoms with E-state index in [0.29, 0.717) is 12.5 Å². The molecule has 1 aromatic heterocycles. The molecule has 4 nitrogen and oxygen atoms in total. The lowest BCUT2D eigenvalue weighted by Gasteiger charge is -2.06. The molecule has 2 aromatic rings. The second-order valence-corrected chi connectivity index (χ2v) is 4.50. The zero-order valence-corrected chi connectivity index (χ0v) is 10.4. The molecule has 1 aromatic carbocycles. The smallest absolute Gasteiger partial charge is 0.107 e. The van der Waals surface area contributed by atoms with Gasteiger partial charge in [0.25, 0.3) is 0 Å². The Bertz CT molecular complexity index is 492. The monoisotopic (exact) mass is 233 g/mol. The van der Waals surface area contributed by atoms with Gasteiger partial charge in [-0.05, 0) is 23.6 Å². The Hall–Kier alpha value is -1.39. The lowest BCUT2D eigenvalue weighted by molar-refractivity contribution is 0.159. The molecule has 0 saturated carbocycles. The highest BCUT2D eigenvalue weighted by molar-refractivity contribution is 5.75. The molecule has 1 heterocycles. The highest BCUT2D eigenvalue weighted by Crippen LogP contribution is 2.15. The maximum Gasteiger partial charge on any atom is 0.107 e. The van der Waals surface area contributed by atoms with Crippen LogP contribution >= 0.6 is 0 Å². The molecule has 0 radical (unpaired) electrons. The van der Waals surface area contributed by atoms with E-state index in [1.807, 2.05) is 12.1 Å². The molecule has 1 unspecified atom stereocenters. The summed E-state index contributed by atoms with van der Waals surface area (Å²) in [7, 11) is 1.72. The highest BCUT2D eigenvalue weighted by atomic mass is 16.5. The summed E-state index contributed by atoms with van der Waals surface area (Å²) in [5, 5.41) is 0. The normalized spacial score (nSPS) is 13.1. The van der Waals surface area contributed by atoms with E-state index >= 15 is 0 Å². The van der Waals surface area contributed by atoms with Crippen LogP contribution in [0, 0.1) is 5.92 Å². The van der Waals surface area contributed by atoms with Crippen molar-refractivity contribution in [3.63, 3.8) is 0 Å². The van der Waals surface area contributed by atoms with Crippen LogP contribution in [0.5, 0.6) is 0 Å². The number of methoxy groups -OCH3 is 1. The number of rotatable bonds is 5. The van der Waals surface area contributed by atoms with E-state index in [1.165, 1.54) is 0 Å². The number of hydrogen-bond donors (Lipinski definition) is 2. The van der Waals surface area contributed by atoms with Gasteiger partial charge in [0.05, 0.1) is 11.0 Å². The highest BCUT2D eigenvalue weighted by Gasteiger charge is 2.08. The number of benzene rings is 1. The summed E-state index contributed by atoms with van der Waals surface area (Å²) < 4.78 is 5.13. The third-order valence-corrected chi connectivity index (χ3v) is 2.82. The molecule has 0 aliphatic rings. The first-order chi connectivity index (χ1) is 8.22. The Morgan fingerprint density at radius 2 is 2.29 bits per heavy atom. The summed E-state index contributed by atoms with van der Waals surface area (Å²) in [5.74, 6) is 1.48. The van der Waals surface area contributed by atoms with E-state index in [0.717, 1.165) is 35.4 Å². The fourth-order valence-electron chi connectivity index (χ4n) is 2.01. The molecule has 3 N–H and O–H groups in total. The summed E-state index contributed by atoms with van der Waals surface area (Å²) in [6.07, 6.45) is 0.903. The van der Waals surface area contributed by atoms with E-state index in [4.69, 9.17) is 10.5 Å². The summed E-state index contributed by atoms with van der Waals surface area (Å²) >= 11 is 0. The first-order valence-corrected chi connectivity index (χ1v) is 5.89. The topological polar surface area (TPSA) is 63.9 Å². The number of aromatic amines is 1. The van der Waals surface area contributed by atoms with Crippen LogP contribution in [0.15, 0.2) is 18.2 Å². The average molecular weight is 233 g/mol. The van der Waals surface area contributed by atoms with Crippen molar-refractivity contribution in [2.75, 3.05) is 13.7 Å². The van der Waals surface area contributed by atoms with Crippen LogP contribution in [-0.2, 0) is 17.7 Å². The van der Waals surface area contributed by atoms with Crippen LogP contribution in [0.3, 0.4) is 0 Å². The van der Waals surface area contributed by atoms with E-state index in [9.17, 15) is 0 Å². The lowest BCUT2D eigenvalue weighted by Crippen LogP contribution is -2.07. The first-order valence-electron chi connectivity index (χ1n) is 5.89. The maximum absolute atomic E-state index is 5.62. The molecule has 17 heavy (non-hydrogen) atoms. The van der Waals surface area contributed by atoms with Crippen molar-refractivity contribution < 1.29 is 4.74 Å². The minimum atomic E-state index is 0.467. The minimum absolute atomic E-state index is 0.467. The first kappa shape index (κ1) is 12.1. The molecule has 0 saturated heterocycles. The van der Waals surface area contributed by atoms with Crippen molar-refractivity contribution in [3.05, 3.63) is 29.6 Å². The fraction of sp³-hybridized carbons (Fsp3) is 0.462. The molecule has 2 rings (SSSR count). The van der Waals surface area contributed by atoms with Gasteiger partial charge in [-0.3, -0.25) is 0 Å². The average Bonchev–Trinajstić information content (AvgIpc) is 2.69. The van der Waals surface area contributed by atoms with Crippen molar-refractivity contribution >= 4 is 11.0 Å². The second kappa shape index (κ2) is 5.29. The Morgan fingerprint density at radius 3 is 3.00 bits per heavy atom. The number of fused-ring (bicyclic) bond motifs is 1. The molecule has 92 valence electrons. The molecule has 0 amide bonds. The number of H-pyrrole nitrogens is 1. The van der Waals surface area contributed by atoms with Gasteiger partial charge in [0, 0.05) is 26.7 Å². The Kier molecular flexibility index (Phi) is 3.76. The Balaban J connectivity index is 2.19. The second-order valence-electron chi connectivity index (χ2n) is 4.50. The summed E-state index contributed by atoms with van der Waals surface area (Å²) in [6.45, 7) is 3.47. The predicted molar refractivity (Wildman–Crippen MR) is 68.7 cm³/mol. The zero-order valence-electron chi connectivity index (χ0n) is 10.4. The van der Waals surface area contributed by atoms with E-state index < -0.39 is 0 Å². The van der Waals surface area contributed by atoms with Crippen molar-refractivity contribution in [3.8, 4) is 0 Å². The van der Waals surface area contributed by atoms with Crippen LogP contribution < -0.4 is 5.73 Å². The number of nitrogens with two attached hydrogens (primary N) is 1. The van der Waals surface area contributed by atoms with Crippen molar-refractivity contribution in [1.82, 2.24) is 9.97 Å². The molecule has 4 heteroatoms. The number of nitrogens with one attached hydrogen (secondary N) is 1. The van der Waals surface area contributed by atoms with Gasteiger partial charge in [-0.1, -0.05) is 13.0 Å². The third kappa shape index (κ3) is 2.84. The van der Waals surface area contributed by atoms with Crippen LogP contribution in [0.4, 0.5) is 0 Å². The van der Waals surface area contributed by atoms with Gasteiger partial charge in [-0.25, -0.2) is 4.98 Å². The van der Waals surface area contributed by atoms with Gasteiger partial charge in [0.15, 0.2) is 0 Å². The standard InChI is InChI=1S/C13H19N3O/c1-9(8-17-2)5-13-15-11-4-3-10(7-14)6-12(11)16-13/h3-4,6,9H,5,7-8,14H2,1-2H3,(H,15,16). The molecule has 0 aliphatic carbocycles. The lowest BCUT2D eigenvalue weighted by atomic mass is 10.1. The Morgan fingerprint density at radius 1 is 1.47 bits per heavy atom. The van der Waals surface area contributed by atoms with E-state index in [-0.39, 0.29) is 0 Å². The Labute approximate surface area is 101 Å². The summed E-state index contributed by atoms with van der Waals surface area (Å²) in [6, 6.07) is 6.09. The predicted octanol–water partition coefficient (Wildman–Crippen LogP) is 1.85. The zero-order chi connectivity index (χ0) is 12.3. The number of hydrogen-bond acceptors (Lipinski definition) is 3. The maximum atomic E-state index is 5.62. The third-order valence-electron chi connectivity index (χ3n) is 2.82. The van der Waals surface area contributed by atoms with Crippen molar-refractivity contribution in [2.45, 2.75) is 19.9 Å². The van der Waals surface area contributed by atoms with Crippen molar-refractivity contribution in [2.24, 2.45) is 11.7 Å². The van der Waals surface area contributed by atoms with Crippen LogP contribution in [0.25, 0.3) is 11.0 Å². The fourth-order valence-corrected chi connectivity index (χ4v) is 2.01. The molecule has 0 bridgehead atoms. The number of imidazole rings is 1.